The van der Waals surface area contributed by atoms with Gasteiger partial charge in [-0.1, -0.05) is 23.2 Å². The van der Waals surface area contributed by atoms with Gasteiger partial charge in [-0.25, -0.2) is 4.39 Å². The molecule has 2 aromatic carbocycles. The average molecular weight is 271 g/mol. The Hall–Kier alpha value is -1.45. The van der Waals surface area contributed by atoms with Gasteiger partial charge in [0.15, 0.2) is 0 Å². The third kappa shape index (κ3) is 2.81. The van der Waals surface area contributed by atoms with E-state index in [1.165, 1.54) is 6.07 Å². The maximum atomic E-state index is 13.5. The van der Waals surface area contributed by atoms with Gasteiger partial charge < -0.3 is 11.1 Å². The van der Waals surface area contributed by atoms with Gasteiger partial charge in [-0.05, 0) is 36.4 Å². The fourth-order valence-corrected chi connectivity index (χ4v) is 1.66. The Labute approximate surface area is 108 Å². The van der Waals surface area contributed by atoms with Gasteiger partial charge >= 0.3 is 0 Å². The van der Waals surface area contributed by atoms with E-state index in [0.717, 1.165) is 0 Å². The molecule has 0 aliphatic rings. The minimum absolute atomic E-state index is 0.331. The number of hydrogen-bond acceptors (Lipinski definition) is 2. The number of nitrogen functional groups attached to an aromatic ring is 1. The Morgan fingerprint density at radius 1 is 1.00 bits per heavy atom. The van der Waals surface area contributed by atoms with Gasteiger partial charge in [-0.3, -0.25) is 0 Å². The lowest BCUT2D eigenvalue weighted by molar-refractivity contribution is 0.632. The predicted molar refractivity (Wildman–Crippen MR) is 70.6 cm³/mol. The lowest BCUT2D eigenvalue weighted by atomic mass is 10.2. The van der Waals surface area contributed by atoms with Gasteiger partial charge in [0, 0.05) is 11.4 Å². The molecule has 3 N–H and O–H groups in total. The minimum atomic E-state index is -0.420. The van der Waals surface area contributed by atoms with Crippen LogP contribution in [0.15, 0.2) is 36.4 Å². The van der Waals surface area contributed by atoms with Crippen LogP contribution in [0.1, 0.15) is 0 Å². The fraction of sp³-hybridized carbons (Fsp3) is 0. The molecule has 0 bridgehead atoms. The van der Waals surface area contributed by atoms with Crippen LogP contribution in [0.2, 0.25) is 10.0 Å². The third-order valence-electron chi connectivity index (χ3n) is 2.19. The standard InChI is InChI=1S/C12H9Cl2FN2/c13-9-3-2-8(6-10(9)14)17-12-4-1-7(16)5-11(12)15/h1-6,17H,16H2. The zero-order chi connectivity index (χ0) is 12.4. The van der Waals surface area contributed by atoms with Crippen LogP contribution in [-0.4, -0.2) is 0 Å². The summed E-state index contributed by atoms with van der Waals surface area (Å²) in [6, 6.07) is 9.40. The molecule has 0 aromatic heterocycles. The molecule has 0 atom stereocenters. The van der Waals surface area contributed by atoms with Crippen LogP contribution in [-0.2, 0) is 0 Å². The highest BCUT2D eigenvalue weighted by Gasteiger charge is 2.04. The van der Waals surface area contributed by atoms with Gasteiger partial charge in [-0.15, -0.1) is 0 Å². The predicted octanol–water partition coefficient (Wildman–Crippen LogP) is 4.46. The molecule has 0 aliphatic carbocycles. The van der Waals surface area contributed by atoms with E-state index >= 15 is 0 Å². The van der Waals surface area contributed by atoms with Crippen LogP contribution >= 0.6 is 23.2 Å². The summed E-state index contributed by atoms with van der Waals surface area (Å²) in [5, 5.41) is 3.76. The zero-order valence-electron chi connectivity index (χ0n) is 8.68. The van der Waals surface area contributed by atoms with Gasteiger partial charge in [-0.2, -0.15) is 0 Å². The molecular formula is C12H9Cl2FN2. The van der Waals surface area contributed by atoms with Crippen molar-refractivity contribution in [2.24, 2.45) is 0 Å². The summed E-state index contributed by atoms with van der Waals surface area (Å²) in [7, 11) is 0. The highest BCUT2D eigenvalue weighted by molar-refractivity contribution is 6.42. The summed E-state index contributed by atoms with van der Waals surface area (Å²) in [5.41, 5.74) is 6.82. The van der Waals surface area contributed by atoms with Crippen molar-refractivity contribution in [3.63, 3.8) is 0 Å². The van der Waals surface area contributed by atoms with Gasteiger partial charge in [0.2, 0.25) is 0 Å². The second-order valence-electron chi connectivity index (χ2n) is 3.49. The van der Waals surface area contributed by atoms with Crippen molar-refractivity contribution in [1.82, 2.24) is 0 Å². The molecule has 0 saturated carbocycles. The number of nitrogens with one attached hydrogen (secondary N) is 1. The van der Waals surface area contributed by atoms with Crippen molar-refractivity contribution in [2.75, 3.05) is 11.1 Å². The molecule has 88 valence electrons. The van der Waals surface area contributed by atoms with Crippen LogP contribution in [0.5, 0.6) is 0 Å². The first kappa shape index (κ1) is 12.0. The first-order chi connectivity index (χ1) is 8.06. The Kier molecular flexibility index (Phi) is 3.41. The molecule has 17 heavy (non-hydrogen) atoms. The molecule has 0 saturated heterocycles. The average Bonchev–Trinajstić information content (AvgIpc) is 2.27. The molecule has 0 fully saturated rings. The Morgan fingerprint density at radius 3 is 2.41 bits per heavy atom. The number of hydrogen-bond donors (Lipinski definition) is 2. The van der Waals surface area contributed by atoms with Gasteiger partial charge in [0.05, 0.1) is 15.7 Å². The summed E-state index contributed by atoms with van der Waals surface area (Å²) in [5.74, 6) is -0.420. The maximum Gasteiger partial charge on any atom is 0.148 e. The van der Waals surface area contributed by atoms with Crippen LogP contribution in [0, 0.1) is 5.82 Å². The van der Waals surface area contributed by atoms with Gasteiger partial charge in [0.1, 0.15) is 5.82 Å². The van der Waals surface area contributed by atoms with E-state index in [2.05, 4.69) is 5.32 Å². The van der Waals surface area contributed by atoms with Crippen molar-refractivity contribution in [1.29, 1.82) is 0 Å². The second-order valence-corrected chi connectivity index (χ2v) is 4.31. The Bertz CT molecular complexity index is 558. The molecule has 2 rings (SSSR count). The van der Waals surface area contributed by atoms with Crippen molar-refractivity contribution in [2.45, 2.75) is 0 Å². The van der Waals surface area contributed by atoms with Crippen LogP contribution in [0.4, 0.5) is 21.5 Å². The number of nitrogens with two attached hydrogens (primary N) is 1. The fourth-order valence-electron chi connectivity index (χ4n) is 1.36. The molecule has 0 aliphatic heterocycles. The molecule has 0 spiro atoms. The van der Waals surface area contributed by atoms with E-state index in [1.807, 2.05) is 0 Å². The molecular weight excluding hydrogens is 262 g/mol. The first-order valence-electron chi connectivity index (χ1n) is 4.83. The largest absolute Gasteiger partial charge is 0.399 e. The smallest absolute Gasteiger partial charge is 0.148 e. The van der Waals surface area contributed by atoms with E-state index in [9.17, 15) is 4.39 Å². The van der Waals surface area contributed by atoms with E-state index in [1.54, 1.807) is 30.3 Å². The van der Waals surface area contributed by atoms with Crippen molar-refractivity contribution in [3.05, 3.63) is 52.3 Å². The van der Waals surface area contributed by atoms with E-state index in [0.29, 0.717) is 27.1 Å². The summed E-state index contributed by atoms with van der Waals surface area (Å²) in [4.78, 5) is 0. The molecule has 5 heteroatoms. The van der Waals surface area contributed by atoms with Crippen LogP contribution < -0.4 is 11.1 Å². The van der Waals surface area contributed by atoms with Crippen molar-refractivity contribution in [3.8, 4) is 0 Å². The van der Waals surface area contributed by atoms with E-state index in [4.69, 9.17) is 28.9 Å². The van der Waals surface area contributed by atoms with Crippen LogP contribution in [0.3, 0.4) is 0 Å². The second kappa shape index (κ2) is 4.82. The number of halogens is 3. The SMILES string of the molecule is Nc1ccc(Nc2ccc(Cl)c(Cl)c2)c(F)c1. The molecule has 2 nitrogen and oxygen atoms in total. The van der Waals surface area contributed by atoms with Crippen molar-refractivity contribution >= 4 is 40.3 Å². The quantitative estimate of drug-likeness (QED) is 0.791. The summed E-state index contributed by atoms with van der Waals surface area (Å²) >= 11 is 11.6. The lowest BCUT2D eigenvalue weighted by Gasteiger charge is -2.08. The number of rotatable bonds is 2. The molecule has 0 unspecified atom stereocenters. The van der Waals surface area contributed by atoms with Crippen LogP contribution in [0.25, 0.3) is 0 Å². The Morgan fingerprint density at radius 2 is 1.76 bits per heavy atom. The van der Waals surface area contributed by atoms with Crippen molar-refractivity contribution < 1.29 is 4.39 Å². The van der Waals surface area contributed by atoms with E-state index in [-0.39, 0.29) is 0 Å². The molecule has 0 amide bonds. The number of benzene rings is 2. The maximum absolute atomic E-state index is 13.5. The molecule has 2 aromatic rings. The summed E-state index contributed by atoms with van der Waals surface area (Å²) in [6.07, 6.45) is 0. The van der Waals surface area contributed by atoms with E-state index < -0.39 is 5.82 Å². The Balaban J connectivity index is 2.28. The number of anilines is 3. The monoisotopic (exact) mass is 270 g/mol. The molecule has 0 heterocycles. The normalized spacial score (nSPS) is 10.3. The summed E-state index contributed by atoms with van der Waals surface area (Å²) in [6.45, 7) is 0. The summed E-state index contributed by atoms with van der Waals surface area (Å²) < 4.78 is 13.5. The highest BCUT2D eigenvalue weighted by Crippen LogP contribution is 2.28. The zero-order valence-corrected chi connectivity index (χ0v) is 10.2. The first-order valence-corrected chi connectivity index (χ1v) is 5.59. The lowest BCUT2D eigenvalue weighted by Crippen LogP contribution is -1.95. The topological polar surface area (TPSA) is 38.0 Å². The third-order valence-corrected chi connectivity index (χ3v) is 2.93. The minimum Gasteiger partial charge on any atom is -0.399 e. The highest BCUT2D eigenvalue weighted by atomic mass is 35.5. The van der Waals surface area contributed by atoms with Gasteiger partial charge in [0.25, 0.3) is 0 Å². The molecule has 0 radical (unpaired) electrons.